The van der Waals surface area contributed by atoms with Gasteiger partial charge in [-0.05, 0) is 42.3 Å². The molecule has 1 heterocycles. The molecule has 3 rings (SSSR count). The largest absolute Gasteiger partial charge is 0.493 e. The maximum absolute atomic E-state index is 9.93. The highest BCUT2D eigenvalue weighted by atomic mass is 35.5. The van der Waals surface area contributed by atoms with Gasteiger partial charge < -0.3 is 24.1 Å². The number of aliphatic hydroxyl groups is 1. The summed E-state index contributed by atoms with van der Waals surface area (Å²) in [6.45, 7) is 4.40. The van der Waals surface area contributed by atoms with Crippen LogP contribution in [0.3, 0.4) is 0 Å². The number of methoxy groups -OCH3 is 2. The Bertz CT molecular complexity index is 816. The van der Waals surface area contributed by atoms with E-state index in [0.717, 1.165) is 17.7 Å². The van der Waals surface area contributed by atoms with Crippen molar-refractivity contribution in [3.05, 3.63) is 52.5 Å². The second-order valence-corrected chi connectivity index (χ2v) is 7.23. The number of halogens is 1. The topological polar surface area (TPSA) is 60.4 Å². The Morgan fingerprint density at radius 1 is 1.10 bits per heavy atom. The van der Waals surface area contributed by atoms with E-state index in [4.69, 9.17) is 30.5 Å². The molecule has 2 aromatic rings. The molecule has 0 spiro atoms. The van der Waals surface area contributed by atoms with Gasteiger partial charge in [-0.1, -0.05) is 23.7 Å². The fraction of sp³-hybridized carbons (Fsp3) is 0.455. The van der Waals surface area contributed by atoms with Gasteiger partial charge in [0.05, 0.1) is 45.1 Å². The van der Waals surface area contributed by atoms with Gasteiger partial charge in [-0.2, -0.15) is 0 Å². The van der Waals surface area contributed by atoms with Gasteiger partial charge in [0.2, 0.25) is 0 Å². The number of morpholine rings is 1. The zero-order chi connectivity index (χ0) is 20.8. The number of rotatable bonds is 8. The standard InChI is InChI=1S/C22H28ClNO5/c1-4-28-18-7-5-15(11-17(18)23)13-24-9-10-29-21(14-25)22(24)16-6-8-19(26-2)20(12-16)27-3/h5-8,11-12,21-22,25H,4,9-10,13-14H2,1-3H3/t21-,22-/m1/s1. The summed E-state index contributed by atoms with van der Waals surface area (Å²) in [5.74, 6) is 2.00. The number of benzene rings is 2. The van der Waals surface area contributed by atoms with Crippen molar-refractivity contribution in [3.8, 4) is 17.2 Å². The highest BCUT2D eigenvalue weighted by Gasteiger charge is 2.34. The van der Waals surface area contributed by atoms with E-state index in [1.165, 1.54) is 0 Å². The molecule has 0 saturated carbocycles. The first-order valence-electron chi connectivity index (χ1n) is 9.70. The van der Waals surface area contributed by atoms with Crippen LogP contribution >= 0.6 is 11.6 Å². The van der Waals surface area contributed by atoms with Crippen molar-refractivity contribution in [1.29, 1.82) is 0 Å². The zero-order valence-corrected chi connectivity index (χ0v) is 17.8. The van der Waals surface area contributed by atoms with Gasteiger partial charge in [0.25, 0.3) is 0 Å². The molecule has 6 nitrogen and oxygen atoms in total. The maximum Gasteiger partial charge on any atom is 0.161 e. The van der Waals surface area contributed by atoms with Gasteiger partial charge in [-0.3, -0.25) is 4.90 Å². The summed E-state index contributed by atoms with van der Waals surface area (Å²) in [6.07, 6.45) is -0.333. The molecule has 0 amide bonds. The molecule has 1 saturated heterocycles. The van der Waals surface area contributed by atoms with Crippen molar-refractivity contribution in [2.45, 2.75) is 25.6 Å². The van der Waals surface area contributed by atoms with Gasteiger partial charge in [0, 0.05) is 13.1 Å². The first-order chi connectivity index (χ1) is 14.1. The molecule has 0 aromatic heterocycles. The minimum absolute atomic E-state index is 0.0699. The van der Waals surface area contributed by atoms with E-state index in [1.807, 2.05) is 43.3 Å². The molecule has 7 heteroatoms. The molecular weight excluding hydrogens is 394 g/mol. The Morgan fingerprint density at radius 3 is 2.52 bits per heavy atom. The van der Waals surface area contributed by atoms with Gasteiger partial charge in [0.15, 0.2) is 11.5 Å². The minimum atomic E-state index is -0.333. The second-order valence-electron chi connectivity index (χ2n) is 6.82. The third-order valence-corrected chi connectivity index (χ3v) is 5.36. The van der Waals surface area contributed by atoms with Crippen molar-refractivity contribution < 1.29 is 24.1 Å². The maximum atomic E-state index is 9.93. The molecule has 2 atom stereocenters. The summed E-state index contributed by atoms with van der Waals surface area (Å²) in [7, 11) is 3.22. The molecule has 1 fully saturated rings. The van der Waals surface area contributed by atoms with Crippen LogP contribution in [0.4, 0.5) is 0 Å². The number of nitrogens with zero attached hydrogens (tertiary/aromatic N) is 1. The minimum Gasteiger partial charge on any atom is -0.493 e. The van der Waals surface area contributed by atoms with E-state index in [-0.39, 0.29) is 18.8 Å². The Labute approximate surface area is 176 Å². The molecule has 1 N–H and O–H groups in total. The normalized spacial score (nSPS) is 19.8. The summed E-state index contributed by atoms with van der Waals surface area (Å²) < 4.78 is 22.2. The lowest BCUT2D eigenvalue weighted by Crippen LogP contribution is -2.46. The number of ether oxygens (including phenoxy) is 4. The van der Waals surface area contributed by atoms with E-state index in [2.05, 4.69) is 4.90 Å². The fourth-order valence-corrected chi connectivity index (χ4v) is 3.99. The Balaban J connectivity index is 1.89. The number of aliphatic hydroxyl groups excluding tert-OH is 1. The molecule has 0 unspecified atom stereocenters. The lowest BCUT2D eigenvalue weighted by molar-refractivity contribution is -0.0961. The monoisotopic (exact) mass is 421 g/mol. The van der Waals surface area contributed by atoms with E-state index in [1.54, 1.807) is 14.2 Å². The van der Waals surface area contributed by atoms with Crippen LogP contribution in [-0.2, 0) is 11.3 Å². The number of hydrogen-bond acceptors (Lipinski definition) is 6. The summed E-state index contributed by atoms with van der Waals surface area (Å²) >= 11 is 6.37. The molecular formula is C22H28ClNO5. The van der Waals surface area contributed by atoms with Crippen LogP contribution in [0.5, 0.6) is 17.2 Å². The average Bonchev–Trinajstić information content (AvgIpc) is 2.75. The molecule has 158 valence electrons. The fourth-order valence-electron chi connectivity index (χ4n) is 3.73. The Kier molecular flexibility index (Phi) is 7.61. The lowest BCUT2D eigenvalue weighted by Gasteiger charge is -2.41. The highest BCUT2D eigenvalue weighted by molar-refractivity contribution is 6.32. The van der Waals surface area contributed by atoms with Crippen LogP contribution in [0.1, 0.15) is 24.1 Å². The Hall–Kier alpha value is -1.99. The summed E-state index contributed by atoms with van der Waals surface area (Å²) in [5, 5.41) is 10.5. The van der Waals surface area contributed by atoms with E-state index >= 15 is 0 Å². The van der Waals surface area contributed by atoms with Crippen molar-refractivity contribution >= 4 is 11.6 Å². The van der Waals surface area contributed by atoms with Crippen LogP contribution in [0.25, 0.3) is 0 Å². The molecule has 2 aromatic carbocycles. The van der Waals surface area contributed by atoms with Crippen molar-refractivity contribution in [1.82, 2.24) is 4.90 Å². The molecule has 0 bridgehead atoms. The quantitative estimate of drug-likeness (QED) is 0.701. The third-order valence-electron chi connectivity index (χ3n) is 5.07. The van der Waals surface area contributed by atoms with E-state index < -0.39 is 0 Å². The van der Waals surface area contributed by atoms with Crippen molar-refractivity contribution in [2.75, 3.05) is 40.6 Å². The SMILES string of the molecule is CCOc1ccc(CN2CCO[C@H](CO)[C@H]2c2ccc(OC)c(OC)c2)cc1Cl. The average molecular weight is 422 g/mol. The van der Waals surface area contributed by atoms with E-state index in [9.17, 15) is 5.11 Å². The Morgan fingerprint density at radius 2 is 1.86 bits per heavy atom. The van der Waals surface area contributed by atoms with Gasteiger partial charge in [0.1, 0.15) is 11.9 Å². The third kappa shape index (κ3) is 4.95. The number of hydrogen-bond donors (Lipinski definition) is 1. The van der Waals surface area contributed by atoms with Gasteiger partial charge >= 0.3 is 0 Å². The molecule has 0 aliphatic carbocycles. The predicted octanol–water partition coefficient (Wildman–Crippen LogP) is 3.69. The van der Waals surface area contributed by atoms with Gasteiger partial charge in [-0.15, -0.1) is 0 Å². The second kappa shape index (κ2) is 10.2. The first-order valence-corrected chi connectivity index (χ1v) is 10.1. The molecule has 1 aliphatic heterocycles. The molecule has 0 radical (unpaired) electrons. The highest BCUT2D eigenvalue weighted by Crippen LogP contribution is 2.36. The van der Waals surface area contributed by atoms with Crippen LogP contribution in [0.15, 0.2) is 36.4 Å². The van der Waals surface area contributed by atoms with Crippen LogP contribution in [-0.4, -0.2) is 56.7 Å². The molecule has 1 aliphatic rings. The van der Waals surface area contributed by atoms with Crippen LogP contribution < -0.4 is 14.2 Å². The van der Waals surface area contributed by atoms with E-state index in [0.29, 0.717) is 42.0 Å². The molecule has 29 heavy (non-hydrogen) atoms. The smallest absolute Gasteiger partial charge is 0.161 e. The lowest BCUT2D eigenvalue weighted by atomic mass is 9.97. The van der Waals surface area contributed by atoms with Gasteiger partial charge in [-0.25, -0.2) is 0 Å². The summed E-state index contributed by atoms with van der Waals surface area (Å²) in [5.41, 5.74) is 2.07. The summed E-state index contributed by atoms with van der Waals surface area (Å²) in [4.78, 5) is 2.29. The zero-order valence-electron chi connectivity index (χ0n) is 17.1. The van der Waals surface area contributed by atoms with Crippen LogP contribution in [0.2, 0.25) is 5.02 Å². The summed E-state index contributed by atoms with van der Waals surface area (Å²) in [6, 6.07) is 11.5. The predicted molar refractivity (Wildman–Crippen MR) is 112 cm³/mol. The van der Waals surface area contributed by atoms with Crippen LogP contribution in [0, 0.1) is 0 Å². The van der Waals surface area contributed by atoms with Crippen molar-refractivity contribution in [2.24, 2.45) is 0 Å². The first kappa shape index (κ1) is 21.7. The van der Waals surface area contributed by atoms with Crippen molar-refractivity contribution in [3.63, 3.8) is 0 Å².